The molecule has 0 aliphatic heterocycles. The minimum absolute atomic E-state index is 0.125. The highest BCUT2D eigenvalue weighted by atomic mass is 16.5. The zero-order valence-corrected chi connectivity index (χ0v) is 19.9. The van der Waals surface area contributed by atoms with Crippen LogP contribution in [0.15, 0.2) is 77.3 Å². The molecule has 1 atom stereocenters. The first kappa shape index (κ1) is 23.8. The Morgan fingerprint density at radius 3 is 2.29 bits per heavy atom. The fourth-order valence-corrected chi connectivity index (χ4v) is 3.70. The average molecular weight is 474 g/mol. The summed E-state index contributed by atoms with van der Waals surface area (Å²) in [5.41, 5.74) is 2.67. The van der Waals surface area contributed by atoms with E-state index in [9.17, 15) is 4.79 Å². The molecule has 0 radical (unpaired) electrons. The van der Waals surface area contributed by atoms with Crippen molar-refractivity contribution in [3.63, 3.8) is 0 Å². The lowest BCUT2D eigenvalue weighted by molar-refractivity contribution is -0.121. The van der Waals surface area contributed by atoms with Crippen LogP contribution in [0.25, 0.3) is 11.4 Å². The van der Waals surface area contributed by atoms with Crippen LogP contribution in [0.2, 0.25) is 0 Å². The summed E-state index contributed by atoms with van der Waals surface area (Å²) in [6.07, 6.45) is 0.517. The quantitative estimate of drug-likeness (QED) is 0.360. The molecule has 1 N–H and O–H groups in total. The maximum absolute atomic E-state index is 12.9. The molecule has 3 aromatic carbocycles. The first-order valence-corrected chi connectivity index (χ1v) is 11.1. The molecule has 1 aromatic heterocycles. The normalized spacial score (nSPS) is 11.5. The zero-order chi connectivity index (χ0) is 24.6. The predicted octanol–water partition coefficient (Wildman–Crippen LogP) is 4.60. The number of aromatic nitrogens is 2. The van der Waals surface area contributed by atoms with E-state index in [0.717, 1.165) is 22.4 Å². The Labute approximate surface area is 203 Å². The molecule has 0 saturated heterocycles. The van der Waals surface area contributed by atoms with Gasteiger partial charge in [0.2, 0.25) is 17.6 Å². The molecule has 0 bridgehead atoms. The van der Waals surface area contributed by atoms with Crippen LogP contribution in [0, 0.1) is 0 Å². The van der Waals surface area contributed by atoms with E-state index in [-0.39, 0.29) is 18.4 Å². The minimum Gasteiger partial charge on any atom is -0.497 e. The van der Waals surface area contributed by atoms with Crippen LogP contribution in [0.5, 0.6) is 17.2 Å². The molecule has 35 heavy (non-hydrogen) atoms. The molecule has 0 aliphatic rings. The number of nitrogens with one attached hydrogen (secondary N) is 1. The third kappa shape index (κ3) is 5.78. The molecule has 0 saturated carbocycles. The molecule has 8 nitrogen and oxygen atoms in total. The maximum Gasteiger partial charge on any atom is 0.227 e. The number of hydrogen-bond acceptors (Lipinski definition) is 7. The second kappa shape index (κ2) is 11.2. The van der Waals surface area contributed by atoms with Crippen molar-refractivity contribution in [2.75, 3.05) is 21.3 Å². The summed E-state index contributed by atoms with van der Waals surface area (Å²) < 4.78 is 21.2. The predicted molar refractivity (Wildman–Crippen MR) is 131 cm³/mol. The van der Waals surface area contributed by atoms with Crippen molar-refractivity contribution in [1.29, 1.82) is 0 Å². The van der Waals surface area contributed by atoms with Crippen molar-refractivity contribution < 1.29 is 23.5 Å². The molecule has 0 aliphatic carbocycles. The van der Waals surface area contributed by atoms with Gasteiger partial charge in [-0.2, -0.15) is 4.98 Å². The number of ether oxygens (including phenoxy) is 3. The smallest absolute Gasteiger partial charge is 0.227 e. The van der Waals surface area contributed by atoms with Crippen molar-refractivity contribution in [3.8, 4) is 28.6 Å². The van der Waals surface area contributed by atoms with Crippen LogP contribution < -0.4 is 19.5 Å². The van der Waals surface area contributed by atoms with Gasteiger partial charge in [0, 0.05) is 18.4 Å². The maximum atomic E-state index is 12.9. The van der Waals surface area contributed by atoms with Crippen LogP contribution in [0.1, 0.15) is 29.5 Å². The summed E-state index contributed by atoms with van der Waals surface area (Å²) in [6, 6.07) is 22.6. The summed E-state index contributed by atoms with van der Waals surface area (Å²) in [5.74, 6) is 2.61. The summed E-state index contributed by atoms with van der Waals surface area (Å²) in [6.45, 7) is 0. The van der Waals surface area contributed by atoms with Crippen LogP contribution in [0.4, 0.5) is 0 Å². The number of aryl methyl sites for hydroxylation is 1. The number of benzene rings is 3. The third-order valence-electron chi connectivity index (χ3n) is 5.56. The zero-order valence-electron chi connectivity index (χ0n) is 19.9. The highest BCUT2D eigenvalue weighted by molar-refractivity contribution is 5.77. The van der Waals surface area contributed by atoms with Crippen molar-refractivity contribution in [3.05, 3.63) is 89.8 Å². The highest BCUT2D eigenvalue weighted by Crippen LogP contribution is 2.31. The molecule has 4 aromatic rings. The first-order valence-electron chi connectivity index (χ1n) is 11.1. The fourth-order valence-electron chi connectivity index (χ4n) is 3.70. The minimum atomic E-state index is -0.292. The lowest BCUT2D eigenvalue weighted by Crippen LogP contribution is -2.29. The van der Waals surface area contributed by atoms with E-state index in [1.807, 2.05) is 60.7 Å². The summed E-state index contributed by atoms with van der Waals surface area (Å²) >= 11 is 0. The Kier molecular flexibility index (Phi) is 7.62. The van der Waals surface area contributed by atoms with Gasteiger partial charge in [-0.3, -0.25) is 4.79 Å². The van der Waals surface area contributed by atoms with Crippen molar-refractivity contribution in [2.45, 2.75) is 18.9 Å². The monoisotopic (exact) mass is 473 g/mol. The van der Waals surface area contributed by atoms with Crippen LogP contribution in [-0.4, -0.2) is 37.4 Å². The van der Waals surface area contributed by atoms with Gasteiger partial charge in [0.1, 0.15) is 5.75 Å². The van der Waals surface area contributed by atoms with Crippen LogP contribution in [0.3, 0.4) is 0 Å². The van der Waals surface area contributed by atoms with E-state index < -0.39 is 0 Å². The van der Waals surface area contributed by atoms with Crippen molar-refractivity contribution >= 4 is 5.91 Å². The van der Waals surface area contributed by atoms with E-state index in [1.54, 1.807) is 33.5 Å². The summed E-state index contributed by atoms with van der Waals surface area (Å²) in [5, 5.41) is 7.17. The van der Waals surface area contributed by atoms with E-state index in [4.69, 9.17) is 18.7 Å². The Balaban J connectivity index is 1.43. The van der Waals surface area contributed by atoms with Crippen LogP contribution in [-0.2, 0) is 11.2 Å². The molecule has 1 amide bonds. The van der Waals surface area contributed by atoms with E-state index in [0.29, 0.717) is 29.6 Å². The fraction of sp³-hybridized carbons (Fsp3) is 0.222. The Hall–Kier alpha value is -4.33. The van der Waals surface area contributed by atoms with Gasteiger partial charge >= 0.3 is 0 Å². The third-order valence-corrected chi connectivity index (χ3v) is 5.56. The lowest BCUT2D eigenvalue weighted by atomic mass is 9.98. The van der Waals surface area contributed by atoms with E-state index in [1.165, 1.54) is 0 Å². The highest BCUT2D eigenvalue weighted by Gasteiger charge is 2.18. The molecule has 8 heteroatoms. The SMILES string of the molecule is COc1ccc(C(NC(=O)CCc2nc(-c3ccc(OC)c(OC)c3)no2)c2ccccc2)cc1. The molecule has 1 unspecified atom stereocenters. The van der Waals surface area contributed by atoms with Crippen molar-refractivity contribution in [1.82, 2.24) is 15.5 Å². The number of amides is 1. The van der Waals surface area contributed by atoms with Gasteiger partial charge in [-0.15, -0.1) is 0 Å². The number of methoxy groups -OCH3 is 3. The molecule has 4 rings (SSSR count). The molecular weight excluding hydrogens is 446 g/mol. The number of carbonyl (C=O) groups excluding carboxylic acids is 1. The number of carbonyl (C=O) groups is 1. The average Bonchev–Trinajstić information content (AvgIpc) is 3.40. The molecule has 1 heterocycles. The second-order valence-electron chi connectivity index (χ2n) is 7.77. The van der Waals surface area contributed by atoms with Gasteiger partial charge in [0.05, 0.1) is 27.4 Å². The van der Waals surface area contributed by atoms with Gasteiger partial charge < -0.3 is 24.1 Å². The number of hydrogen-bond donors (Lipinski definition) is 1. The second-order valence-corrected chi connectivity index (χ2v) is 7.77. The van der Waals surface area contributed by atoms with Gasteiger partial charge in [-0.25, -0.2) is 0 Å². The standard InChI is InChI=1S/C27H27N3O5/c1-32-21-12-9-19(10-13-21)26(18-7-5-4-6-8-18)28-24(31)15-16-25-29-27(30-35-25)20-11-14-22(33-2)23(17-20)34-3/h4-14,17,26H,15-16H2,1-3H3,(H,28,31). The molecular formula is C27H27N3O5. The largest absolute Gasteiger partial charge is 0.497 e. The number of rotatable bonds is 10. The van der Waals surface area contributed by atoms with E-state index in [2.05, 4.69) is 15.5 Å². The first-order chi connectivity index (χ1) is 17.1. The van der Waals surface area contributed by atoms with Gasteiger partial charge in [0.15, 0.2) is 11.5 Å². The van der Waals surface area contributed by atoms with Crippen LogP contribution >= 0.6 is 0 Å². The summed E-state index contributed by atoms with van der Waals surface area (Å²) in [4.78, 5) is 17.3. The topological polar surface area (TPSA) is 95.7 Å². The molecule has 0 fully saturated rings. The van der Waals surface area contributed by atoms with Crippen molar-refractivity contribution in [2.24, 2.45) is 0 Å². The molecule has 180 valence electrons. The Morgan fingerprint density at radius 2 is 1.60 bits per heavy atom. The van der Waals surface area contributed by atoms with Gasteiger partial charge in [-0.1, -0.05) is 47.6 Å². The van der Waals surface area contributed by atoms with Gasteiger partial charge in [0.25, 0.3) is 0 Å². The summed E-state index contributed by atoms with van der Waals surface area (Å²) in [7, 11) is 4.77. The van der Waals surface area contributed by atoms with Gasteiger partial charge in [-0.05, 0) is 41.5 Å². The Morgan fingerprint density at radius 1 is 0.886 bits per heavy atom. The van der Waals surface area contributed by atoms with E-state index >= 15 is 0 Å². The number of nitrogens with zero attached hydrogens (tertiary/aromatic N) is 2. The molecule has 0 spiro atoms. The Bertz CT molecular complexity index is 1260. The lowest BCUT2D eigenvalue weighted by Gasteiger charge is -2.20.